The van der Waals surface area contributed by atoms with E-state index >= 15 is 0 Å². The zero-order valence-electron chi connectivity index (χ0n) is 19.6. The molecule has 2 saturated heterocycles. The highest BCUT2D eigenvalue weighted by Gasteiger charge is 2.25. The van der Waals surface area contributed by atoms with E-state index in [1.807, 2.05) is 12.1 Å². The molecule has 0 radical (unpaired) electrons. The summed E-state index contributed by atoms with van der Waals surface area (Å²) in [6.45, 7) is 2.07. The van der Waals surface area contributed by atoms with Crippen LogP contribution in [0.5, 0.6) is 5.75 Å². The number of amides is 4. The van der Waals surface area contributed by atoms with E-state index in [1.165, 1.54) is 0 Å². The smallest absolute Gasteiger partial charge is 0.410 e. The minimum Gasteiger partial charge on any atom is -0.410 e. The fourth-order valence-electron chi connectivity index (χ4n) is 4.31. The predicted octanol–water partition coefficient (Wildman–Crippen LogP) is 3.17. The monoisotopic (exact) mass is 478 g/mol. The summed E-state index contributed by atoms with van der Waals surface area (Å²) in [5.74, 6) is -0.727. The molecule has 0 saturated carbocycles. The third-order valence-electron chi connectivity index (χ3n) is 6.32. The Labute approximate surface area is 204 Å². The van der Waals surface area contributed by atoms with Crippen LogP contribution in [0, 0.1) is 5.92 Å². The van der Waals surface area contributed by atoms with Crippen molar-refractivity contribution in [1.29, 1.82) is 0 Å². The summed E-state index contributed by atoms with van der Waals surface area (Å²) in [5, 5.41) is 5.30. The van der Waals surface area contributed by atoms with E-state index in [2.05, 4.69) is 10.6 Å². The molecule has 0 atom stereocenters. The van der Waals surface area contributed by atoms with Gasteiger partial charge in [-0.2, -0.15) is 0 Å². The van der Waals surface area contributed by atoms with Crippen LogP contribution >= 0.6 is 0 Å². The van der Waals surface area contributed by atoms with Gasteiger partial charge in [-0.15, -0.1) is 0 Å². The molecule has 35 heavy (non-hydrogen) atoms. The summed E-state index contributed by atoms with van der Waals surface area (Å²) < 4.78 is 5.37. The van der Waals surface area contributed by atoms with Crippen molar-refractivity contribution in [3.05, 3.63) is 54.6 Å². The van der Waals surface area contributed by atoms with Gasteiger partial charge >= 0.3 is 17.9 Å². The molecule has 9 nitrogen and oxygen atoms in total. The summed E-state index contributed by atoms with van der Waals surface area (Å²) in [4.78, 5) is 52.5. The molecule has 2 aromatic carbocycles. The van der Waals surface area contributed by atoms with Gasteiger partial charge in [-0.1, -0.05) is 24.3 Å². The van der Waals surface area contributed by atoms with Crippen molar-refractivity contribution in [2.24, 2.45) is 5.92 Å². The van der Waals surface area contributed by atoms with Gasteiger partial charge in [-0.25, -0.2) is 4.79 Å². The Bertz CT molecular complexity index is 1070. The summed E-state index contributed by atoms with van der Waals surface area (Å²) in [7, 11) is 0. The Hall–Kier alpha value is -3.88. The molecular formula is C26H30N4O5. The first-order valence-corrected chi connectivity index (χ1v) is 12.0. The Kier molecular flexibility index (Phi) is 7.97. The largest absolute Gasteiger partial charge is 0.415 e. The van der Waals surface area contributed by atoms with Crippen molar-refractivity contribution >= 4 is 35.2 Å². The predicted molar refractivity (Wildman–Crippen MR) is 131 cm³/mol. The van der Waals surface area contributed by atoms with Gasteiger partial charge < -0.3 is 25.2 Å². The van der Waals surface area contributed by atoms with E-state index in [0.29, 0.717) is 62.6 Å². The van der Waals surface area contributed by atoms with E-state index in [4.69, 9.17) is 4.74 Å². The maximum atomic E-state index is 12.4. The Morgan fingerprint density at radius 2 is 1.69 bits per heavy atom. The van der Waals surface area contributed by atoms with Crippen LogP contribution in [-0.2, 0) is 14.4 Å². The molecule has 2 heterocycles. The van der Waals surface area contributed by atoms with Crippen LogP contribution in [0.25, 0.3) is 0 Å². The molecule has 2 N–H and O–H groups in total. The summed E-state index contributed by atoms with van der Waals surface area (Å²) in [6, 6.07) is 15.9. The minimum atomic E-state index is -0.754. The molecule has 0 spiro atoms. The van der Waals surface area contributed by atoms with Gasteiger partial charge in [-0.3, -0.25) is 14.4 Å². The molecule has 2 aliphatic rings. The third kappa shape index (κ3) is 6.59. The second kappa shape index (κ2) is 11.5. The van der Waals surface area contributed by atoms with Crippen LogP contribution in [0.2, 0.25) is 0 Å². The zero-order chi connectivity index (χ0) is 24.6. The summed E-state index contributed by atoms with van der Waals surface area (Å²) >= 11 is 0. The SMILES string of the molecule is O=C(NCC1CCN(C(=O)Oc2ccccc2)CC1)C(=O)Nc1cccc(N2CCCCC2=O)c1. The number of likely N-dealkylation sites (tertiary alicyclic amines) is 1. The number of carbonyl (C=O) groups is 4. The quantitative estimate of drug-likeness (QED) is 0.642. The van der Waals surface area contributed by atoms with Crippen LogP contribution in [-0.4, -0.2) is 54.9 Å². The molecule has 4 rings (SSSR count). The topological polar surface area (TPSA) is 108 Å². The fraction of sp³-hybridized carbons (Fsp3) is 0.385. The van der Waals surface area contributed by atoms with E-state index < -0.39 is 11.8 Å². The lowest BCUT2D eigenvalue weighted by Crippen LogP contribution is -2.44. The second-order valence-electron chi connectivity index (χ2n) is 8.83. The maximum absolute atomic E-state index is 12.4. The number of hydrogen-bond donors (Lipinski definition) is 2. The first-order valence-electron chi connectivity index (χ1n) is 12.0. The first kappa shape index (κ1) is 24.3. The number of nitrogens with zero attached hydrogens (tertiary/aromatic N) is 2. The molecule has 0 bridgehead atoms. The normalized spacial score (nSPS) is 16.5. The average Bonchev–Trinajstić information content (AvgIpc) is 2.88. The zero-order valence-corrected chi connectivity index (χ0v) is 19.6. The lowest BCUT2D eigenvalue weighted by molar-refractivity contribution is -0.136. The van der Waals surface area contributed by atoms with E-state index in [-0.39, 0.29) is 17.9 Å². The van der Waals surface area contributed by atoms with Gasteiger partial charge in [0, 0.05) is 44.0 Å². The van der Waals surface area contributed by atoms with Gasteiger partial charge in [0.25, 0.3) is 0 Å². The average molecular weight is 479 g/mol. The molecule has 0 aliphatic carbocycles. The van der Waals surface area contributed by atoms with Crippen molar-refractivity contribution in [1.82, 2.24) is 10.2 Å². The van der Waals surface area contributed by atoms with Gasteiger partial charge in [0.15, 0.2) is 0 Å². The lowest BCUT2D eigenvalue weighted by Gasteiger charge is -2.31. The molecule has 0 unspecified atom stereocenters. The number of rotatable bonds is 5. The number of anilines is 2. The fourth-order valence-corrected chi connectivity index (χ4v) is 4.31. The minimum absolute atomic E-state index is 0.0665. The van der Waals surface area contributed by atoms with Crippen LogP contribution in [0.3, 0.4) is 0 Å². The van der Waals surface area contributed by atoms with Crippen LogP contribution in [0.4, 0.5) is 16.2 Å². The number of carbonyl (C=O) groups excluding carboxylic acids is 4. The van der Waals surface area contributed by atoms with Crippen molar-refractivity contribution in [3.63, 3.8) is 0 Å². The first-order chi connectivity index (χ1) is 17.0. The summed E-state index contributed by atoms with van der Waals surface area (Å²) in [6.07, 6.45) is 3.38. The van der Waals surface area contributed by atoms with E-state index in [1.54, 1.807) is 52.3 Å². The standard InChI is InChI=1S/C26H30N4O5/c31-23-11-4-5-14-30(23)21-8-6-7-20(17-21)28-25(33)24(32)27-18-19-12-15-29(16-13-19)26(34)35-22-9-2-1-3-10-22/h1-3,6-10,17,19H,4-5,11-16,18H2,(H,27,32)(H,28,33). The van der Waals surface area contributed by atoms with Crippen molar-refractivity contribution in [3.8, 4) is 5.75 Å². The summed E-state index contributed by atoms with van der Waals surface area (Å²) in [5.41, 5.74) is 1.18. The molecule has 184 valence electrons. The highest BCUT2D eigenvalue weighted by molar-refractivity contribution is 6.39. The Balaban J connectivity index is 1.20. The third-order valence-corrected chi connectivity index (χ3v) is 6.32. The Morgan fingerprint density at radius 3 is 2.43 bits per heavy atom. The van der Waals surface area contributed by atoms with Crippen LogP contribution in [0.1, 0.15) is 32.1 Å². The van der Waals surface area contributed by atoms with Crippen LogP contribution < -0.4 is 20.3 Å². The molecule has 2 aromatic rings. The highest BCUT2D eigenvalue weighted by Crippen LogP contribution is 2.24. The van der Waals surface area contributed by atoms with Gasteiger partial charge in [0.2, 0.25) is 5.91 Å². The van der Waals surface area contributed by atoms with Gasteiger partial charge in [-0.05, 0) is 61.9 Å². The molecule has 0 aromatic heterocycles. The molecular weight excluding hydrogens is 448 g/mol. The molecule has 2 aliphatic heterocycles. The molecule has 4 amide bonds. The number of ether oxygens (including phenoxy) is 1. The van der Waals surface area contributed by atoms with Gasteiger partial charge in [0.1, 0.15) is 5.75 Å². The Morgan fingerprint density at radius 1 is 0.914 bits per heavy atom. The molecule has 9 heteroatoms. The van der Waals surface area contributed by atoms with E-state index in [0.717, 1.165) is 12.8 Å². The van der Waals surface area contributed by atoms with Crippen molar-refractivity contribution in [2.45, 2.75) is 32.1 Å². The number of benzene rings is 2. The number of piperidine rings is 2. The lowest BCUT2D eigenvalue weighted by atomic mass is 9.97. The van der Waals surface area contributed by atoms with Crippen LogP contribution in [0.15, 0.2) is 54.6 Å². The maximum Gasteiger partial charge on any atom is 0.415 e. The van der Waals surface area contributed by atoms with E-state index in [9.17, 15) is 19.2 Å². The highest BCUT2D eigenvalue weighted by atomic mass is 16.6. The number of nitrogens with one attached hydrogen (secondary N) is 2. The second-order valence-corrected chi connectivity index (χ2v) is 8.83. The van der Waals surface area contributed by atoms with Gasteiger partial charge in [0.05, 0.1) is 0 Å². The number of para-hydroxylation sites is 1. The van der Waals surface area contributed by atoms with Crippen molar-refractivity contribution < 1.29 is 23.9 Å². The molecule has 2 fully saturated rings. The van der Waals surface area contributed by atoms with Crippen molar-refractivity contribution in [2.75, 3.05) is 36.4 Å². The number of hydrogen-bond acceptors (Lipinski definition) is 5.